The van der Waals surface area contributed by atoms with Crippen LogP contribution in [0.4, 0.5) is 0 Å². The fraction of sp³-hybridized carbons (Fsp3) is 0.857. The summed E-state index contributed by atoms with van der Waals surface area (Å²) in [6.07, 6.45) is 3.28. The van der Waals surface area contributed by atoms with E-state index in [1.165, 1.54) is 11.8 Å². The molecule has 0 spiro atoms. The number of hydrogen-bond acceptors (Lipinski definition) is 7. The van der Waals surface area contributed by atoms with Crippen LogP contribution in [-0.4, -0.2) is 82.3 Å². The van der Waals surface area contributed by atoms with Crippen LogP contribution in [-0.2, 0) is 19.2 Å². The zero-order valence-electron chi connectivity index (χ0n) is 25.6. The van der Waals surface area contributed by atoms with E-state index in [2.05, 4.69) is 16.0 Å². The highest BCUT2D eigenvalue weighted by molar-refractivity contribution is 5.92. The average Bonchev–Trinajstić information content (AvgIpc) is 2.83. The van der Waals surface area contributed by atoms with Crippen LogP contribution in [0, 0.1) is 11.8 Å². The molecule has 0 saturated carbocycles. The molecule has 228 valence electrons. The van der Waals surface area contributed by atoms with Crippen LogP contribution in [0.25, 0.3) is 0 Å². The molecule has 39 heavy (non-hydrogen) atoms. The average molecular weight is 558 g/mol. The van der Waals surface area contributed by atoms with Crippen molar-refractivity contribution in [2.75, 3.05) is 14.1 Å². The Morgan fingerprint density at radius 1 is 0.897 bits per heavy atom. The van der Waals surface area contributed by atoms with Crippen molar-refractivity contribution in [3.63, 3.8) is 0 Å². The molecule has 4 atom stereocenters. The lowest BCUT2D eigenvalue weighted by Gasteiger charge is -2.44. The minimum absolute atomic E-state index is 0.0155. The molecule has 11 nitrogen and oxygen atoms in total. The Balaban J connectivity index is 5.98. The van der Waals surface area contributed by atoms with Crippen LogP contribution in [0.1, 0.15) is 99.8 Å². The largest absolute Gasteiger partial charge is 0.363 e. The Morgan fingerprint density at radius 2 is 1.49 bits per heavy atom. The number of carbonyl (C=O) groups is 4. The minimum Gasteiger partial charge on any atom is -0.363 e. The molecule has 4 amide bonds. The van der Waals surface area contributed by atoms with Gasteiger partial charge in [-0.2, -0.15) is 0 Å². The van der Waals surface area contributed by atoms with Crippen molar-refractivity contribution in [3.8, 4) is 0 Å². The van der Waals surface area contributed by atoms with E-state index in [-0.39, 0.29) is 49.3 Å². The van der Waals surface area contributed by atoms with Gasteiger partial charge in [0.25, 0.3) is 0 Å². The number of nitrogens with one attached hydrogen (secondary N) is 3. The van der Waals surface area contributed by atoms with Crippen molar-refractivity contribution in [2.24, 2.45) is 17.6 Å². The number of nitrogens with zero attached hydrogens (tertiary/aromatic N) is 1. The first-order chi connectivity index (χ1) is 17.9. The van der Waals surface area contributed by atoms with Gasteiger partial charge in [-0.3, -0.25) is 19.2 Å². The Kier molecular flexibility index (Phi) is 15.8. The third kappa shape index (κ3) is 12.2. The highest BCUT2D eigenvalue weighted by Crippen LogP contribution is 2.28. The predicted octanol–water partition coefficient (Wildman–Crippen LogP) is 1.40. The lowest BCUT2D eigenvalue weighted by molar-refractivity contribution is -0.228. The van der Waals surface area contributed by atoms with E-state index in [0.717, 1.165) is 12.8 Å². The molecule has 0 aliphatic rings. The molecular formula is C28H55N5O6. The number of carbonyl (C=O) groups excluding carboxylic acids is 4. The van der Waals surface area contributed by atoms with Crippen LogP contribution in [0.5, 0.6) is 0 Å². The Labute approximate surface area is 235 Å². The Hall–Kier alpha value is -2.24. The number of aliphatic hydroxyl groups is 2. The topological polar surface area (TPSA) is 174 Å². The van der Waals surface area contributed by atoms with E-state index in [1.54, 1.807) is 34.9 Å². The van der Waals surface area contributed by atoms with Crippen molar-refractivity contribution in [1.29, 1.82) is 0 Å². The molecule has 0 fully saturated rings. The summed E-state index contributed by atoms with van der Waals surface area (Å²) >= 11 is 0. The van der Waals surface area contributed by atoms with Gasteiger partial charge >= 0.3 is 0 Å². The lowest BCUT2D eigenvalue weighted by Crippen LogP contribution is -2.69. The fourth-order valence-corrected chi connectivity index (χ4v) is 4.06. The molecule has 0 aliphatic carbocycles. The molecule has 0 aromatic heterocycles. The standard InChI is InChI=1S/C28H55N5O6/c1-10-12-13-14-22(34)32-24(19(5)6)26(37)30-20(15-16-23(35)33(8)9)25(36)31-21(17-18(3)4)28(38,39)27(7,29)11-2/h18-21,24,38-39H,10-17,29H2,1-9H3,(H,30,37)(H,31,36)(H,32,34)/t20-,21-,24-,27-/m0/s1. The number of nitrogens with two attached hydrogens (primary N) is 1. The van der Waals surface area contributed by atoms with E-state index in [0.29, 0.717) is 12.8 Å². The van der Waals surface area contributed by atoms with E-state index >= 15 is 0 Å². The second kappa shape index (κ2) is 16.8. The van der Waals surface area contributed by atoms with E-state index in [1.807, 2.05) is 20.8 Å². The normalized spacial score (nSPS) is 15.7. The minimum atomic E-state index is -2.44. The predicted molar refractivity (Wildman–Crippen MR) is 152 cm³/mol. The van der Waals surface area contributed by atoms with Crippen LogP contribution in [0.2, 0.25) is 0 Å². The first-order valence-corrected chi connectivity index (χ1v) is 14.2. The zero-order valence-corrected chi connectivity index (χ0v) is 25.6. The summed E-state index contributed by atoms with van der Waals surface area (Å²) in [4.78, 5) is 52.9. The van der Waals surface area contributed by atoms with Gasteiger partial charge in [0, 0.05) is 26.9 Å². The Bertz CT molecular complexity index is 797. The van der Waals surface area contributed by atoms with Crippen LogP contribution in [0.3, 0.4) is 0 Å². The quantitative estimate of drug-likeness (QED) is 0.109. The monoisotopic (exact) mass is 557 g/mol. The first-order valence-electron chi connectivity index (χ1n) is 14.2. The summed E-state index contributed by atoms with van der Waals surface area (Å²) < 4.78 is 0. The van der Waals surface area contributed by atoms with Gasteiger partial charge in [-0.15, -0.1) is 0 Å². The summed E-state index contributed by atoms with van der Waals surface area (Å²) in [5.41, 5.74) is 4.76. The molecular weight excluding hydrogens is 502 g/mol. The summed E-state index contributed by atoms with van der Waals surface area (Å²) in [5.74, 6) is -4.42. The van der Waals surface area contributed by atoms with Gasteiger partial charge in [0.2, 0.25) is 29.4 Å². The van der Waals surface area contributed by atoms with Crippen LogP contribution in [0.15, 0.2) is 0 Å². The molecule has 7 N–H and O–H groups in total. The molecule has 0 unspecified atom stereocenters. The van der Waals surface area contributed by atoms with Gasteiger partial charge in [-0.1, -0.05) is 54.4 Å². The number of hydrogen-bond donors (Lipinski definition) is 6. The van der Waals surface area contributed by atoms with Crippen molar-refractivity contribution in [3.05, 3.63) is 0 Å². The number of unbranched alkanes of at least 4 members (excludes halogenated alkanes) is 2. The third-order valence-corrected chi connectivity index (χ3v) is 7.14. The molecule has 0 radical (unpaired) electrons. The molecule has 0 aliphatic heterocycles. The van der Waals surface area contributed by atoms with Crippen LogP contribution >= 0.6 is 0 Å². The van der Waals surface area contributed by atoms with Gasteiger partial charge in [-0.05, 0) is 44.4 Å². The summed E-state index contributed by atoms with van der Waals surface area (Å²) in [6, 6.07) is -3.17. The highest BCUT2D eigenvalue weighted by Gasteiger charge is 2.49. The summed E-state index contributed by atoms with van der Waals surface area (Å²) in [7, 11) is 3.19. The highest BCUT2D eigenvalue weighted by atomic mass is 16.5. The van der Waals surface area contributed by atoms with Crippen molar-refractivity contribution in [1.82, 2.24) is 20.9 Å². The fourth-order valence-electron chi connectivity index (χ4n) is 4.06. The van der Waals surface area contributed by atoms with Gasteiger partial charge in [-0.25, -0.2) is 0 Å². The zero-order chi connectivity index (χ0) is 30.6. The van der Waals surface area contributed by atoms with E-state index < -0.39 is 41.3 Å². The summed E-state index contributed by atoms with van der Waals surface area (Å²) in [6.45, 7) is 12.6. The number of amides is 4. The molecule has 11 heteroatoms. The molecule has 0 aromatic rings. The van der Waals surface area contributed by atoms with Gasteiger partial charge in [0.1, 0.15) is 12.1 Å². The number of rotatable bonds is 18. The SMILES string of the molecule is CCCCCC(=O)N[C@H](C(=O)N[C@@H](CCC(=O)N(C)C)C(=O)N[C@@H](CC(C)C)C(O)(O)[C@@](C)(N)CC)C(C)C. The third-order valence-electron chi connectivity index (χ3n) is 7.14. The van der Waals surface area contributed by atoms with Crippen LogP contribution < -0.4 is 21.7 Å². The molecule has 0 rings (SSSR count). The molecule has 0 aromatic carbocycles. The summed E-state index contributed by atoms with van der Waals surface area (Å²) in [5, 5.41) is 30.2. The van der Waals surface area contributed by atoms with Gasteiger partial charge in [0.15, 0.2) is 0 Å². The van der Waals surface area contributed by atoms with E-state index in [4.69, 9.17) is 5.73 Å². The molecule has 0 heterocycles. The second-order valence-corrected chi connectivity index (χ2v) is 11.8. The second-order valence-electron chi connectivity index (χ2n) is 11.8. The first kappa shape index (κ1) is 36.8. The maximum absolute atomic E-state index is 13.5. The van der Waals surface area contributed by atoms with E-state index in [9.17, 15) is 29.4 Å². The van der Waals surface area contributed by atoms with Gasteiger partial charge < -0.3 is 36.8 Å². The lowest BCUT2D eigenvalue weighted by atomic mass is 9.81. The maximum Gasteiger partial charge on any atom is 0.243 e. The van der Waals surface area contributed by atoms with Crippen molar-refractivity contribution >= 4 is 23.6 Å². The van der Waals surface area contributed by atoms with Crippen molar-refractivity contribution < 1.29 is 29.4 Å². The Morgan fingerprint density at radius 3 is 1.95 bits per heavy atom. The smallest absolute Gasteiger partial charge is 0.243 e. The molecule has 0 saturated heterocycles. The van der Waals surface area contributed by atoms with Gasteiger partial charge in [0.05, 0.1) is 11.6 Å². The van der Waals surface area contributed by atoms with Crippen molar-refractivity contribution in [2.45, 2.75) is 129 Å². The molecule has 0 bridgehead atoms. The maximum atomic E-state index is 13.5.